The Balaban J connectivity index is 1.97. The second-order valence-corrected chi connectivity index (χ2v) is 10.7. The van der Waals surface area contributed by atoms with Crippen LogP contribution in [0.15, 0.2) is 41.3 Å². The number of benzene rings is 1. The molecule has 4 N–H and O–H groups in total. The van der Waals surface area contributed by atoms with Gasteiger partial charge in [-0.05, 0) is 32.9 Å². The van der Waals surface area contributed by atoms with Gasteiger partial charge in [0.15, 0.2) is 24.0 Å². The van der Waals surface area contributed by atoms with Crippen LogP contribution in [-0.2, 0) is 23.4 Å². The Morgan fingerprint density at radius 1 is 1.30 bits per heavy atom. The highest BCUT2D eigenvalue weighted by Crippen LogP contribution is 2.52. The number of para-hydroxylation sites is 1. The number of esters is 1. The minimum atomic E-state index is -5.62. The van der Waals surface area contributed by atoms with Crippen LogP contribution < -0.4 is 21.0 Å². The number of aliphatic hydroxyl groups excluding tert-OH is 1. The second-order valence-electron chi connectivity index (χ2n) is 8.96. The third kappa shape index (κ3) is 6.61. The van der Waals surface area contributed by atoms with E-state index < -0.39 is 80.1 Å². The van der Waals surface area contributed by atoms with Crippen LogP contribution in [0.25, 0.3) is 0 Å². The van der Waals surface area contributed by atoms with Crippen molar-refractivity contribution in [2.24, 2.45) is 0 Å². The van der Waals surface area contributed by atoms with Gasteiger partial charge in [-0.25, -0.2) is 18.1 Å². The minimum Gasteiger partial charge on any atom is -0.462 e. The van der Waals surface area contributed by atoms with Gasteiger partial charge in [-0.3, -0.25) is 13.9 Å². The highest BCUT2D eigenvalue weighted by Gasteiger charge is 2.70. The van der Waals surface area contributed by atoms with Crippen molar-refractivity contribution in [2.75, 3.05) is 12.3 Å². The van der Waals surface area contributed by atoms with Gasteiger partial charge in [0, 0.05) is 0 Å². The molecule has 0 radical (unpaired) electrons. The quantitative estimate of drug-likeness (QED) is 0.209. The van der Waals surface area contributed by atoms with E-state index in [2.05, 4.69) is 10.1 Å². The number of halogens is 5. The van der Waals surface area contributed by atoms with Crippen LogP contribution in [-0.4, -0.2) is 63.4 Å². The molecule has 1 aliphatic rings. The van der Waals surface area contributed by atoms with Crippen molar-refractivity contribution in [2.45, 2.75) is 63.2 Å². The van der Waals surface area contributed by atoms with Crippen LogP contribution in [0.1, 0.15) is 27.0 Å². The number of rotatable bonds is 10. The maximum absolute atomic E-state index is 15.1. The first-order chi connectivity index (χ1) is 18.5. The van der Waals surface area contributed by atoms with Crippen LogP contribution in [0.3, 0.4) is 0 Å². The summed E-state index contributed by atoms with van der Waals surface area (Å²) in [6.07, 6.45) is -14.5. The standard InChI is InChI=1S/C22H26F5N4O8P/c1-11(2)37-19(33)12(3)30-40(35,39-13-7-5-4-6-8-13)36-10-21(22(25,26)27)16(32)15(24)18(38-21)31-9-14(23)17(28)29-20(31)34/h4-9,11-12,15-16,18,32H,10H2,1-3H3,(H,30,35)(H2,28,29,34)/t12-,15-,16-,18+,21+,40?/m0/s1. The summed E-state index contributed by atoms with van der Waals surface area (Å²) in [7, 11) is -4.94. The predicted molar refractivity (Wildman–Crippen MR) is 127 cm³/mol. The van der Waals surface area contributed by atoms with Crippen molar-refractivity contribution in [3.05, 3.63) is 52.8 Å². The third-order valence-electron chi connectivity index (χ3n) is 5.55. The van der Waals surface area contributed by atoms with Crippen molar-refractivity contribution in [1.82, 2.24) is 14.6 Å². The lowest BCUT2D eigenvalue weighted by molar-refractivity contribution is -0.304. The lowest BCUT2D eigenvalue weighted by atomic mass is 9.96. The van der Waals surface area contributed by atoms with Gasteiger partial charge in [0.05, 0.1) is 18.9 Å². The van der Waals surface area contributed by atoms with Crippen LogP contribution in [0.5, 0.6) is 5.75 Å². The number of nitrogen functional groups attached to an aromatic ring is 1. The molecule has 1 aliphatic heterocycles. The molecule has 1 aromatic carbocycles. The van der Waals surface area contributed by atoms with Gasteiger partial charge >= 0.3 is 25.6 Å². The molecule has 12 nitrogen and oxygen atoms in total. The average molecular weight is 600 g/mol. The monoisotopic (exact) mass is 600 g/mol. The number of nitrogens with two attached hydrogens (primary N) is 1. The van der Waals surface area contributed by atoms with Gasteiger partial charge in [0.25, 0.3) is 0 Å². The number of carbonyl (C=O) groups is 1. The molecule has 1 aromatic heterocycles. The van der Waals surface area contributed by atoms with Crippen LogP contribution >= 0.6 is 7.75 Å². The van der Waals surface area contributed by atoms with E-state index in [4.69, 9.17) is 24.3 Å². The molecule has 2 aromatic rings. The third-order valence-corrected chi connectivity index (χ3v) is 7.17. The van der Waals surface area contributed by atoms with Gasteiger partial charge in [-0.2, -0.15) is 23.2 Å². The number of nitrogens with zero attached hydrogens (tertiary/aromatic N) is 2. The fraction of sp³-hybridized carbons (Fsp3) is 0.500. The molecule has 3 rings (SSSR count). The average Bonchev–Trinajstić information content (AvgIpc) is 3.11. The number of aliphatic hydroxyl groups is 1. The normalized spacial score (nSPS) is 25.4. The van der Waals surface area contributed by atoms with Crippen molar-refractivity contribution >= 4 is 19.5 Å². The first kappa shape index (κ1) is 31.4. The summed E-state index contributed by atoms with van der Waals surface area (Å²) in [5, 5.41) is 12.5. The van der Waals surface area contributed by atoms with Crippen molar-refractivity contribution in [3.63, 3.8) is 0 Å². The molecule has 0 bridgehead atoms. The lowest BCUT2D eigenvalue weighted by Crippen LogP contribution is -2.57. The smallest absolute Gasteiger partial charge is 0.459 e. The zero-order chi connectivity index (χ0) is 30.0. The zero-order valence-electron chi connectivity index (χ0n) is 21.2. The van der Waals surface area contributed by atoms with Crippen LogP contribution in [0.4, 0.5) is 27.8 Å². The summed E-state index contributed by atoms with van der Waals surface area (Å²) >= 11 is 0. The largest absolute Gasteiger partial charge is 0.462 e. The summed E-state index contributed by atoms with van der Waals surface area (Å²) in [5.41, 5.74) is -0.277. The first-order valence-corrected chi connectivity index (χ1v) is 13.1. The molecule has 40 heavy (non-hydrogen) atoms. The van der Waals surface area contributed by atoms with Crippen molar-refractivity contribution in [3.8, 4) is 5.75 Å². The number of ether oxygens (including phenoxy) is 2. The fourth-order valence-electron chi connectivity index (χ4n) is 3.56. The second kappa shape index (κ2) is 11.8. The summed E-state index contributed by atoms with van der Waals surface area (Å²) in [6.45, 7) is 2.34. The first-order valence-electron chi connectivity index (χ1n) is 11.6. The number of anilines is 1. The zero-order valence-corrected chi connectivity index (χ0v) is 22.1. The van der Waals surface area contributed by atoms with E-state index in [1.165, 1.54) is 38.1 Å². The number of nitrogens with one attached hydrogen (secondary N) is 1. The van der Waals surface area contributed by atoms with E-state index >= 15 is 4.39 Å². The molecule has 0 spiro atoms. The minimum absolute atomic E-state index is 0.0371. The molecule has 2 heterocycles. The Labute approximate surface area is 223 Å². The van der Waals surface area contributed by atoms with Gasteiger partial charge in [0.1, 0.15) is 17.9 Å². The van der Waals surface area contributed by atoms with Gasteiger partial charge in [-0.1, -0.05) is 18.2 Å². The molecule has 222 valence electrons. The Morgan fingerprint density at radius 3 is 2.50 bits per heavy atom. The molecule has 0 aliphatic carbocycles. The molecule has 18 heteroatoms. The summed E-state index contributed by atoms with van der Waals surface area (Å²) in [6, 6.07) is 5.53. The van der Waals surface area contributed by atoms with Crippen molar-refractivity contribution in [1.29, 1.82) is 0 Å². The maximum Gasteiger partial charge on any atom is 0.459 e. The van der Waals surface area contributed by atoms with E-state index in [1.807, 2.05) is 0 Å². The molecular weight excluding hydrogens is 574 g/mol. The number of carbonyl (C=O) groups excluding carboxylic acids is 1. The van der Waals surface area contributed by atoms with Crippen LogP contribution in [0.2, 0.25) is 0 Å². The summed E-state index contributed by atoms with van der Waals surface area (Å²) < 4.78 is 106. The number of hydrogen-bond donors (Lipinski definition) is 3. The van der Waals surface area contributed by atoms with Crippen molar-refractivity contribution < 1.29 is 54.9 Å². The van der Waals surface area contributed by atoms with E-state index in [0.29, 0.717) is 0 Å². The highest BCUT2D eigenvalue weighted by molar-refractivity contribution is 7.52. The molecule has 1 fully saturated rings. The summed E-state index contributed by atoms with van der Waals surface area (Å²) in [4.78, 5) is 27.4. The Morgan fingerprint density at radius 2 is 1.93 bits per heavy atom. The maximum atomic E-state index is 15.1. The van der Waals surface area contributed by atoms with Crippen LogP contribution in [0, 0.1) is 5.82 Å². The van der Waals surface area contributed by atoms with Gasteiger partial charge in [-0.15, -0.1) is 0 Å². The molecule has 1 unspecified atom stereocenters. The molecular formula is C22H26F5N4O8P. The highest BCUT2D eigenvalue weighted by atomic mass is 31.2. The summed E-state index contributed by atoms with van der Waals surface area (Å²) in [5.74, 6) is -3.40. The molecule has 0 amide bonds. The SMILES string of the molecule is CC(C)OC(=O)[C@H](C)NP(=O)(OC[C@@]1(C(F)(F)F)O[C@@H](n2cc(F)c(N)nc2=O)[C@@H](F)[C@@H]1O)Oc1ccccc1. The number of aromatic nitrogens is 2. The van der Waals surface area contributed by atoms with Gasteiger partial charge in [0.2, 0.25) is 5.60 Å². The number of alkyl halides is 4. The van der Waals surface area contributed by atoms with E-state index in [0.717, 1.165) is 6.92 Å². The lowest BCUT2D eigenvalue weighted by Gasteiger charge is -2.34. The molecule has 6 atom stereocenters. The van der Waals surface area contributed by atoms with E-state index in [1.54, 1.807) is 6.07 Å². The van der Waals surface area contributed by atoms with E-state index in [-0.39, 0.29) is 16.5 Å². The van der Waals surface area contributed by atoms with Gasteiger partial charge < -0.3 is 24.8 Å². The molecule has 1 saturated heterocycles. The predicted octanol–water partition coefficient (Wildman–Crippen LogP) is 2.63. The van der Waals surface area contributed by atoms with E-state index in [9.17, 15) is 36.8 Å². The topological polar surface area (TPSA) is 164 Å². The molecule has 0 saturated carbocycles. The Hall–Kier alpha value is -3.11. The Bertz CT molecular complexity index is 1310. The number of hydrogen-bond acceptors (Lipinski definition) is 10. The fourth-order valence-corrected chi connectivity index (χ4v) is 5.09. The Kier molecular flexibility index (Phi) is 9.26.